The van der Waals surface area contributed by atoms with Crippen molar-refractivity contribution in [3.63, 3.8) is 0 Å². The Balaban J connectivity index is 2.21. The molecule has 0 spiro atoms. The molecule has 0 heterocycles. The van der Waals surface area contributed by atoms with Crippen LogP contribution >= 0.6 is 0 Å². The molecule has 0 aliphatic heterocycles. The summed E-state index contributed by atoms with van der Waals surface area (Å²) < 4.78 is 23.1. The molecule has 0 aliphatic rings. The van der Waals surface area contributed by atoms with E-state index >= 15 is 0 Å². The van der Waals surface area contributed by atoms with Gasteiger partial charge in [-0.2, -0.15) is 0 Å². The van der Waals surface area contributed by atoms with Crippen LogP contribution in [-0.4, -0.2) is 20.6 Å². The SMILES string of the molecule is Cc1ccccc1[C@@H](C)NC(=O)c1cccc(S(C)(=O)=O)c1. The lowest BCUT2D eigenvalue weighted by atomic mass is 10.0. The molecule has 4 nitrogen and oxygen atoms in total. The van der Waals surface area contributed by atoms with Gasteiger partial charge < -0.3 is 5.32 Å². The summed E-state index contributed by atoms with van der Waals surface area (Å²) in [6.45, 7) is 3.89. The molecule has 0 unspecified atom stereocenters. The lowest BCUT2D eigenvalue weighted by Gasteiger charge is -2.16. The Morgan fingerprint density at radius 2 is 1.77 bits per heavy atom. The van der Waals surface area contributed by atoms with E-state index in [2.05, 4.69) is 5.32 Å². The number of sulfone groups is 1. The van der Waals surface area contributed by atoms with Gasteiger partial charge in [0.2, 0.25) is 0 Å². The highest BCUT2D eigenvalue weighted by Gasteiger charge is 2.15. The van der Waals surface area contributed by atoms with E-state index in [1.807, 2.05) is 38.1 Å². The summed E-state index contributed by atoms with van der Waals surface area (Å²) in [5.41, 5.74) is 2.47. The quantitative estimate of drug-likeness (QED) is 0.943. The van der Waals surface area contributed by atoms with E-state index in [9.17, 15) is 13.2 Å². The molecule has 2 aromatic carbocycles. The van der Waals surface area contributed by atoms with Crippen LogP contribution in [0.15, 0.2) is 53.4 Å². The second-order valence-electron chi connectivity index (χ2n) is 5.35. The molecule has 1 atom stereocenters. The summed E-state index contributed by atoms with van der Waals surface area (Å²) in [5, 5.41) is 2.90. The van der Waals surface area contributed by atoms with E-state index < -0.39 is 9.84 Å². The lowest BCUT2D eigenvalue weighted by Crippen LogP contribution is -2.27. The highest BCUT2D eigenvalue weighted by molar-refractivity contribution is 7.90. The number of amides is 1. The number of aryl methyl sites for hydroxylation is 1. The summed E-state index contributed by atoms with van der Waals surface area (Å²) in [4.78, 5) is 12.5. The molecule has 2 rings (SSSR count). The van der Waals surface area contributed by atoms with Gasteiger partial charge in [0.1, 0.15) is 0 Å². The summed E-state index contributed by atoms with van der Waals surface area (Å²) >= 11 is 0. The Morgan fingerprint density at radius 3 is 2.41 bits per heavy atom. The van der Waals surface area contributed by atoms with Crippen LogP contribution < -0.4 is 5.32 Å². The molecule has 22 heavy (non-hydrogen) atoms. The fourth-order valence-electron chi connectivity index (χ4n) is 2.30. The molecular formula is C17H19NO3S. The normalized spacial score (nSPS) is 12.7. The summed E-state index contributed by atoms with van der Waals surface area (Å²) in [5.74, 6) is -0.291. The maximum absolute atomic E-state index is 12.3. The molecule has 2 aromatic rings. The van der Waals surface area contributed by atoms with Gasteiger partial charge in [-0.3, -0.25) is 4.79 Å². The molecular weight excluding hydrogens is 298 g/mol. The molecule has 0 aromatic heterocycles. The monoisotopic (exact) mass is 317 g/mol. The number of hydrogen-bond acceptors (Lipinski definition) is 3. The second-order valence-corrected chi connectivity index (χ2v) is 7.37. The van der Waals surface area contributed by atoms with Gasteiger partial charge in [0.05, 0.1) is 10.9 Å². The lowest BCUT2D eigenvalue weighted by molar-refractivity contribution is 0.0939. The summed E-state index contributed by atoms with van der Waals surface area (Å²) in [6.07, 6.45) is 1.12. The molecule has 0 fully saturated rings. The highest BCUT2D eigenvalue weighted by Crippen LogP contribution is 2.18. The Labute approximate surface area is 131 Å². The zero-order valence-corrected chi connectivity index (χ0v) is 13.6. The zero-order chi connectivity index (χ0) is 16.3. The second kappa shape index (κ2) is 6.32. The predicted octanol–water partition coefficient (Wildman–Crippen LogP) is 2.89. The topological polar surface area (TPSA) is 63.2 Å². The van der Waals surface area contributed by atoms with Crippen LogP contribution in [0.5, 0.6) is 0 Å². The average molecular weight is 317 g/mol. The Hall–Kier alpha value is -2.14. The molecule has 5 heteroatoms. The van der Waals surface area contributed by atoms with E-state index in [1.165, 1.54) is 12.1 Å². The summed E-state index contributed by atoms with van der Waals surface area (Å²) in [6, 6.07) is 13.7. The third kappa shape index (κ3) is 3.74. The molecule has 0 saturated carbocycles. The van der Waals surface area contributed by atoms with E-state index in [0.29, 0.717) is 5.56 Å². The molecule has 1 N–H and O–H groups in total. The van der Waals surface area contributed by atoms with Crippen molar-refractivity contribution in [2.75, 3.05) is 6.26 Å². The van der Waals surface area contributed by atoms with Crippen molar-refractivity contribution in [3.05, 3.63) is 65.2 Å². The predicted molar refractivity (Wildman–Crippen MR) is 86.6 cm³/mol. The van der Waals surface area contributed by atoms with E-state index in [1.54, 1.807) is 12.1 Å². The molecule has 0 saturated heterocycles. The Bertz CT molecular complexity index is 797. The van der Waals surface area contributed by atoms with Crippen LogP contribution in [-0.2, 0) is 9.84 Å². The third-order valence-corrected chi connectivity index (χ3v) is 4.64. The first kappa shape index (κ1) is 16.2. The zero-order valence-electron chi connectivity index (χ0n) is 12.8. The molecule has 116 valence electrons. The fourth-order valence-corrected chi connectivity index (χ4v) is 2.97. The number of carbonyl (C=O) groups excluding carboxylic acids is 1. The van der Waals surface area contributed by atoms with E-state index in [-0.39, 0.29) is 16.8 Å². The standard InChI is InChI=1S/C17H19NO3S/c1-12-7-4-5-10-16(12)13(2)18-17(19)14-8-6-9-15(11-14)22(3,20)21/h4-11,13H,1-3H3,(H,18,19)/t13-/m1/s1. The summed E-state index contributed by atoms with van der Waals surface area (Å²) in [7, 11) is -3.33. The number of carbonyl (C=O) groups is 1. The van der Waals surface area contributed by atoms with Gasteiger partial charge in [0.15, 0.2) is 9.84 Å². The van der Waals surface area contributed by atoms with Crippen molar-refractivity contribution >= 4 is 15.7 Å². The van der Waals surface area contributed by atoms with Gasteiger partial charge in [-0.05, 0) is 43.2 Å². The molecule has 0 bridgehead atoms. The van der Waals surface area contributed by atoms with Gasteiger partial charge in [0, 0.05) is 11.8 Å². The van der Waals surface area contributed by atoms with Crippen LogP contribution in [0.1, 0.15) is 34.5 Å². The highest BCUT2D eigenvalue weighted by atomic mass is 32.2. The molecule has 0 aliphatic carbocycles. The van der Waals surface area contributed by atoms with Gasteiger partial charge >= 0.3 is 0 Å². The Kier molecular flexibility index (Phi) is 4.66. The first-order valence-electron chi connectivity index (χ1n) is 6.95. The number of rotatable bonds is 4. The van der Waals surface area contributed by atoms with Crippen molar-refractivity contribution in [2.24, 2.45) is 0 Å². The Morgan fingerprint density at radius 1 is 1.09 bits per heavy atom. The maximum atomic E-state index is 12.3. The van der Waals surface area contributed by atoms with Crippen LogP contribution in [0.2, 0.25) is 0 Å². The number of hydrogen-bond donors (Lipinski definition) is 1. The maximum Gasteiger partial charge on any atom is 0.251 e. The van der Waals surface area contributed by atoms with Crippen LogP contribution in [0.3, 0.4) is 0 Å². The first-order chi connectivity index (χ1) is 10.3. The molecule has 1 amide bonds. The third-order valence-electron chi connectivity index (χ3n) is 3.53. The average Bonchev–Trinajstić information content (AvgIpc) is 2.46. The van der Waals surface area contributed by atoms with Crippen LogP contribution in [0.4, 0.5) is 0 Å². The van der Waals surface area contributed by atoms with E-state index in [0.717, 1.165) is 17.4 Å². The van der Waals surface area contributed by atoms with Gasteiger partial charge in [-0.1, -0.05) is 30.3 Å². The van der Waals surface area contributed by atoms with Crippen LogP contribution in [0, 0.1) is 6.92 Å². The largest absolute Gasteiger partial charge is 0.346 e. The number of benzene rings is 2. The van der Waals surface area contributed by atoms with Crippen molar-refractivity contribution < 1.29 is 13.2 Å². The van der Waals surface area contributed by atoms with Gasteiger partial charge in [-0.25, -0.2) is 8.42 Å². The van der Waals surface area contributed by atoms with Crippen molar-refractivity contribution in [1.82, 2.24) is 5.32 Å². The minimum absolute atomic E-state index is 0.142. The van der Waals surface area contributed by atoms with Gasteiger partial charge in [-0.15, -0.1) is 0 Å². The van der Waals surface area contributed by atoms with Crippen LogP contribution in [0.25, 0.3) is 0 Å². The molecule has 0 radical (unpaired) electrons. The van der Waals surface area contributed by atoms with Gasteiger partial charge in [0.25, 0.3) is 5.91 Å². The van der Waals surface area contributed by atoms with E-state index in [4.69, 9.17) is 0 Å². The number of nitrogens with one attached hydrogen (secondary N) is 1. The fraction of sp³-hybridized carbons (Fsp3) is 0.235. The van der Waals surface area contributed by atoms with Crippen molar-refractivity contribution in [2.45, 2.75) is 24.8 Å². The minimum Gasteiger partial charge on any atom is -0.346 e. The smallest absolute Gasteiger partial charge is 0.251 e. The van der Waals surface area contributed by atoms with Crippen molar-refractivity contribution in [3.8, 4) is 0 Å². The van der Waals surface area contributed by atoms with Crippen molar-refractivity contribution in [1.29, 1.82) is 0 Å². The first-order valence-corrected chi connectivity index (χ1v) is 8.84. The minimum atomic E-state index is -3.33.